The van der Waals surface area contributed by atoms with Crippen LogP contribution in [-0.4, -0.2) is 41.2 Å². The lowest BCUT2D eigenvalue weighted by molar-refractivity contribution is 0.0946. The largest absolute Gasteiger partial charge is 0.355 e. The third-order valence-corrected chi connectivity index (χ3v) is 4.94. The molecule has 0 unspecified atom stereocenters. The van der Waals surface area contributed by atoms with E-state index in [1.54, 1.807) is 0 Å². The summed E-state index contributed by atoms with van der Waals surface area (Å²) in [6.07, 6.45) is 1.06. The summed E-state index contributed by atoms with van der Waals surface area (Å²) in [6.45, 7) is 8.52. The van der Waals surface area contributed by atoms with Gasteiger partial charge in [-0.05, 0) is 37.0 Å². The number of nitrogens with zero attached hydrogens (tertiary/aromatic N) is 1. The number of Topliss-reactive ketones (excluding diaryl/α,β-unsaturated/α-hetero) is 1. The molecule has 2 N–H and O–H groups in total. The van der Waals surface area contributed by atoms with Crippen molar-refractivity contribution in [2.75, 3.05) is 19.6 Å². The van der Waals surface area contributed by atoms with Gasteiger partial charge in [0.05, 0.1) is 11.3 Å². The highest BCUT2D eigenvalue weighted by Crippen LogP contribution is 2.19. The summed E-state index contributed by atoms with van der Waals surface area (Å²) in [4.78, 5) is 29.5. The van der Waals surface area contributed by atoms with Gasteiger partial charge >= 0.3 is 0 Å². The summed E-state index contributed by atoms with van der Waals surface area (Å²) in [5.74, 6) is -0.164. The third kappa shape index (κ3) is 3.66. The maximum Gasteiger partial charge on any atom is 0.253 e. The second-order valence-corrected chi connectivity index (χ2v) is 6.73. The average molecular weight is 339 g/mol. The number of rotatable bonds is 5. The maximum atomic E-state index is 12.5. The van der Waals surface area contributed by atoms with E-state index < -0.39 is 0 Å². The van der Waals surface area contributed by atoms with Crippen LogP contribution in [0.4, 0.5) is 0 Å². The van der Waals surface area contributed by atoms with Gasteiger partial charge in [0.15, 0.2) is 5.78 Å². The van der Waals surface area contributed by atoms with Crippen LogP contribution >= 0.6 is 0 Å². The molecule has 1 amide bonds. The van der Waals surface area contributed by atoms with Crippen LogP contribution in [0.3, 0.4) is 0 Å². The van der Waals surface area contributed by atoms with Crippen molar-refractivity contribution in [1.29, 1.82) is 0 Å². The van der Waals surface area contributed by atoms with E-state index >= 15 is 0 Å². The summed E-state index contributed by atoms with van der Waals surface area (Å²) in [5, 5.41) is 2.99. The molecule has 5 nitrogen and oxygen atoms in total. The van der Waals surface area contributed by atoms with Gasteiger partial charge in [0.1, 0.15) is 0 Å². The third-order valence-electron chi connectivity index (χ3n) is 4.94. The zero-order valence-electron chi connectivity index (χ0n) is 15.1. The molecule has 1 aromatic carbocycles. The average Bonchev–Trinajstić information content (AvgIpc) is 2.89. The molecule has 0 bridgehead atoms. The molecular formula is C20H25N3O2. The predicted molar refractivity (Wildman–Crippen MR) is 98.0 cm³/mol. The topological polar surface area (TPSA) is 65.2 Å². The molecule has 1 aliphatic heterocycles. The zero-order valence-corrected chi connectivity index (χ0v) is 15.1. The number of H-pyrrole nitrogens is 1. The normalized spacial score (nSPS) is 14.2. The number of fused-ring (bicyclic) bond motifs is 1. The molecule has 0 atom stereocenters. The quantitative estimate of drug-likeness (QED) is 0.823. The molecule has 0 fully saturated rings. The molecule has 0 radical (unpaired) electrons. The summed E-state index contributed by atoms with van der Waals surface area (Å²) >= 11 is 0. The van der Waals surface area contributed by atoms with Gasteiger partial charge in [-0.15, -0.1) is 0 Å². The Morgan fingerprint density at radius 1 is 1.20 bits per heavy atom. The number of hydrogen-bond donors (Lipinski definition) is 2. The highest BCUT2D eigenvalue weighted by Gasteiger charge is 2.20. The zero-order chi connectivity index (χ0) is 18.0. The van der Waals surface area contributed by atoms with E-state index in [1.165, 1.54) is 18.1 Å². The molecule has 25 heavy (non-hydrogen) atoms. The summed E-state index contributed by atoms with van der Waals surface area (Å²) < 4.78 is 0. The minimum atomic E-state index is -0.115. The fraction of sp³-hybridized carbons (Fsp3) is 0.400. The Balaban J connectivity index is 1.56. The highest BCUT2D eigenvalue weighted by molar-refractivity contribution is 6.02. The molecule has 5 heteroatoms. The molecule has 0 saturated carbocycles. The van der Waals surface area contributed by atoms with Crippen molar-refractivity contribution in [3.05, 3.63) is 57.9 Å². The monoisotopic (exact) mass is 339 g/mol. The first kappa shape index (κ1) is 17.4. The minimum absolute atomic E-state index is 0.0494. The van der Waals surface area contributed by atoms with Crippen LogP contribution in [0.1, 0.15) is 50.2 Å². The van der Waals surface area contributed by atoms with Crippen LogP contribution < -0.4 is 5.32 Å². The molecule has 3 rings (SSSR count). The maximum absolute atomic E-state index is 12.5. The first-order valence-corrected chi connectivity index (χ1v) is 8.74. The molecule has 1 aliphatic rings. The first-order chi connectivity index (χ1) is 12.0. The Kier molecular flexibility index (Phi) is 5.04. The van der Waals surface area contributed by atoms with Crippen LogP contribution in [0.5, 0.6) is 0 Å². The second kappa shape index (κ2) is 7.23. The number of carbonyl (C=O) groups excluding carboxylic acids is 2. The molecule has 0 aliphatic carbocycles. The fourth-order valence-electron chi connectivity index (χ4n) is 3.60. The Bertz CT molecular complexity index is 807. The Morgan fingerprint density at radius 2 is 1.92 bits per heavy atom. The molecule has 0 saturated heterocycles. The van der Waals surface area contributed by atoms with E-state index in [0.29, 0.717) is 17.8 Å². The first-order valence-electron chi connectivity index (χ1n) is 8.74. The molecule has 1 aromatic heterocycles. The lowest BCUT2D eigenvalue weighted by atomic mass is 10.00. The van der Waals surface area contributed by atoms with Gasteiger partial charge in [-0.3, -0.25) is 14.5 Å². The van der Waals surface area contributed by atoms with E-state index in [9.17, 15) is 9.59 Å². The molecule has 2 heterocycles. The van der Waals surface area contributed by atoms with Crippen LogP contribution in [0.2, 0.25) is 0 Å². The van der Waals surface area contributed by atoms with Crippen molar-refractivity contribution in [3.63, 3.8) is 0 Å². The summed E-state index contributed by atoms with van der Waals surface area (Å²) in [5.41, 5.74) is 5.40. The van der Waals surface area contributed by atoms with Gasteiger partial charge in [0.25, 0.3) is 5.91 Å². The number of amides is 1. The Hall–Kier alpha value is -2.40. The van der Waals surface area contributed by atoms with Gasteiger partial charge < -0.3 is 10.3 Å². The van der Waals surface area contributed by atoms with E-state index in [-0.39, 0.29) is 11.7 Å². The summed E-state index contributed by atoms with van der Waals surface area (Å²) in [6, 6.07) is 8.54. The molecule has 132 valence electrons. The van der Waals surface area contributed by atoms with Crippen molar-refractivity contribution >= 4 is 11.7 Å². The molecule has 0 spiro atoms. The van der Waals surface area contributed by atoms with E-state index in [4.69, 9.17) is 0 Å². The smallest absolute Gasteiger partial charge is 0.253 e. The Morgan fingerprint density at radius 3 is 2.60 bits per heavy atom. The van der Waals surface area contributed by atoms with E-state index in [2.05, 4.69) is 39.5 Å². The van der Waals surface area contributed by atoms with Gasteiger partial charge in [-0.2, -0.15) is 0 Å². The lowest BCUT2D eigenvalue weighted by Gasteiger charge is -2.28. The predicted octanol–water partition coefficient (Wildman–Crippen LogP) is 2.62. The van der Waals surface area contributed by atoms with Gasteiger partial charge in [0, 0.05) is 38.8 Å². The summed E-state index contributed by atoms with van der Waals surface area (Å²) in [7, 11) is 0. The number of aromatic nitrogens is 1. The number of nitrogens with one attached hydrogen (secondary N) is 2. The van der Waals surface area contributed by atoms with Crippen LogP contribution in [0.15, 0.2) is 24.3 Å². The Labute approximate surface area is 148 Å². The van der Waals surface area contributed by atoms with Crippen molar-refractivity contribution in [1.82, 2.24) is 15.2 Å². The van der Waals surface area contributed by atoms with Crippen molar-refractivity contribution in [2.45, 2.75) is 33.7 Å². The van der Waals surface area contributed by atoms with Crippen molar-refractivity contribution in [2.24, 2.45) is 0 Å². The van der Waals surface area contributed by atoms with Gasteiger partial charge in [-0.25, -0.2) is 0 Å². The standard InChI is InChI=1S/C20H25N3O2/c1-13-18(14(2)22-19(13)15(3)24)20(25)21-9-11-23-10-8-16-6-4-5-7-17(16)12-23/h4-7,22H,8-12H2,1-3H3,(H,21,25). The van der Waals surface area contributed by atoms with Crippen LogP contribution in [0, 0.1) is 13.8 Å². The number of aromatic amines is 1. The number of benzene rings is 1. The fourth-order valence-corrected chi connectivity index (χ4v) is 3.60. The van der Waals surface area contributed by atoms with Gasteiger partial charge in [0.2, 0.25) is 0 Å². The number of aryl methyl sites for hydroxylation is 1. The minimum Gasteiger partial charge on any atom is -0.355 e. The van der Waals surface area contributed by atoms with Crippen molar-refractivity contribution < 1.29 is 9.59 Å². The van der Waals surface area contributed by atoms with Gasteiger partial charge in [-0.1, -0.05) is 24.3 Å². The van der Waals surface area contributed by atoms with E-state index in [0.717, 1.165) is 37.3 Å². The second-order valence-electron chi connectivity index (χ2n) is 6.73. The van der Waals surface area contributed by atoms with E-state index in [1.807, 2.05) is 13.8 Å². The lowest BCUT2D eigenvalue weighted by Crippen LogP contribution is -2.38. The molecule has 2 aromatic rings. The van der Waals surface area contributed by atoms with Crippen LogP contribution in [0.25, 0.3) is 0 Å². The number of ketones is 1. The molecular weight excluding hydrogens is 314 g/mol. The number of hydrogen-bond acceptors (Lipinski definition) is 3. The SMILES string of the molecule is CC(=O)c1[nH]c(C)c(C(=O)NCCN2CCc3ccccc3C2)c1C. The highest BCUT2D eigenvalue weighted by atomic mass is 16.1. The van der Waals surface area contributed by atoms with Crippen LogP contribution in [-0.2, 0) is 13.0 Å². The van der Waals surface area contributed by atoms with Crippen molar-refractivity contribution in [3.8, 4) is 0 Å². The number of carbonyl (C=O) groups is 2.